The topological polar surface area (TPSA) is 74.0 Å². The Bertz CT molecular complexity index is 1120. The third kappa shape index (κ3) is 2.81. The molecule has 26 heavy (non-hydrogen) atoms. The molecule has 3 aromatic rings. The summed E-state index contributed by atoms with van der Waals surface area (Å²) >= 11 is 12.1. The van der Waals surface area contributed by atoms with Crippen molar-refractivity contribution in [2.24, 2.45) is 10.2 Å². The first-order valence-corrected chi connectivity index (χ1v) is 8.42. The first-order valence-electron chi connectivity index (χ1n) is 7.67. The molecule has 0 bridgehead atoms. The van der Waals surface area contributed by atoms with Gasteiger partial charge in [0, 0.05) is 16.1 Å². The number of hydrogen-bond acceptors (Lipinski definition) is 4. The van der Waals surface area contributed by atoms with E-state index in [0.29, 0.717) is 26.9 Å². The van der Waals surface area contributed by atoms with E-state index >= 15 is 0 Å². The highest BCUT2D eigenvalue weighted by atomic mass is 35.5. The van der Waals surface area contributed by atoms with Gasteiger partial charge < -0.3 is 10.4 Å². The fraction of sp³-hybridized carbons (Fsp3) is 0. The van der Waals surface area contributed by atoms with Crippen molar-refractivity contribution in [1.82, 2.24) is 0 Å². The van der Waals surface area contributed by atoms with Gasteiger partial charge in [0.25, 0.3) is 5.91 Å². The van der Waals surface area contributed by atoms with Crippen LogP contribution < -0.4 is 5.32 Å². The van der Waals surface area contributed by atoms with Crippen molar-refractivity contribution < 1.29 is 9.90 Å². The second-order valence-corrected chi connectivity index (χ2v) is 6.52. The molecule has 0 aromatic heterocycles. The second-order valence-electron chi connectivity index (χ2n) is 5.68. The summed E-state index contributed by atoms with van der Waals surface area (Å²) in [6.45, 7) is 0. The average molecular weight is 384 g/mol. The number of fused-ring (bicyclic) bond motifs is 2. The maximum absolute atomic E-state index is 12.1. The minimum Gasteiger partial charge on any atom is -0.507 e. The molecule has 1 aliphatic rings. The maximum atomic E-state index is 12.1. The number of hydrogen-bond donors (Lipinski definition) is 2. The fourth-order valence-corrected chi connectivity index (χ4v) is 3.39. The lowest BCUT2D eigenvalue weighted by atomic mass is 10.0. The van der Waals surface area contributed by atoms with Crippen molar-refractivity contribution in [2.75, 3.05) is 5.32 Å². The van der Waals surface area contributed by atoms with Gasteiger partial charge in [0.2, 0.25) is 0 Å². The first kappa shape index (κ1) is 16.6. The van der Waals surface area contributed by atoms with E-state index in [0.717, 1.165) is 10.8 Å². The second kappa shape index (κ2) is 6.44. The summed E-state index contributed by atoms with van der Waals surface area (Å²) in [6.07, 6.45) is 1.42. The monoisotopic (exact) mass is 383 g/mol. The normalized spacial score (nSPS) is 15.0. The first-order chi connectivity index (χ1) is 12.5. The minimum atomic E-state index is -0.413. The fourth-order valence-electron chi connectivity index (χ4n) is 2.85. The van der Waals surface area contributed by atoms with Gasteiger partial charge in [-0.15, -0.1) is 5.10 Å². The number of nitrogens with zero attached hydrogens (tertiary/aromatic N) is 2. The highest BCUT2D eigenvalue weighted by Crippen LogP contribution is 2.34. The molecule has 5 nitrogen and oxygen atoms in total. The van der Waals surface area contributed by atoms with E-state index in [4.69, 9.17) is 23.2 Å². The Morgan fingerprint density at radius 2 is 1.88 bits per heavy atom. The van der Waals surface area contributed by atoms with Crippen LogP contribution in [0.1, 0.15) is 11.1 Å². The van der Waals surface area contributed by atoms with Crippen LogP contribution in [0.25, 0.3) is 10.8 Å². The number of aromatic hydroxyl groups is 1. The molecule has 0 saturated carbocycles. The van der Waals surface area contributed by atoms with Gasteiger partial charge in [-0.3, -0.25) is 4.79 Å². The van der Waals surface area contributed by atoms with E-state index in [9.17, 15) is 9.90 Å². The zero-order valence-electron chi connectivity index (χ0n) is 13.2. The van der Waals surface area contributed by atoms with Crippen LogP contribution >= 0.6 is 23.2 Å². The van der Waals surface area contributed by atoms with Gasteiger partial charge in [-0.25, -0.2) is 0 Å². The molecule has 1 heterocycles. The molecule has 1 aliphatic heterocycles. The molecule has 0 fully saturated rings. The predicted molar refractivity (Wildman–Crippen MR) is 105 cm³/mol. The number of halogens is 2. The molecule has 3 aromatic carbocycles. The van der Waals surface area contributed by atoms with E-state index in [1.807, 2.05) is 30.3 Å². The number of anilines is 1. The van der Waals surface area contributed by atoms with Crippen LogP contribution in [0.15, 0.2) is 58.7 Å². The summed E-state index contributed by atoms with van der Waals surface area (Å²) in [5.74, 6) is -0.335. The van der Waals surface area contributed by atoms with Gasteiger partial charge in [0.15, 0.2) is 5.71 Å². The van der Waals surface area contributed by atoms with Gasteiger partial charge in [-0.05, 0) is 29.0 Å². The van der Waals surface area contributed by atoms with Gasteiger partial charge in [0.05, 0.1) is 16.9 Å². The van der Waals surface area contributed by atoms with Crippen LogP contribution in [0, 0.1) is 0 Å². The number of carbonyl (C=O) groups is 1. The van der Waals surface area contributed by atoms with Crippen molar-refractivity contribution in [3.05, 3.63) is 69.7 Å². The number of benzene rings is 3. The van der Waals surface area contributed by atoms with Crippen LogP contribution in [0.2, 0.25) is 10.0 Å². The highest BCUT2D eigenvalue weighted by Gasteiger charge is 2.28. The Hall–Kier alpha value is -2.89. The molecule has 128 valence electrons. The minimum absolute atomic E-state index is 0.0787. The van der Waals surface area contributed by atoms with Crippen LogP contribution in [0.5, 0.6) is 5.75 Å². The molecular formula is C19H11Cl2N3O2. The quantitative estimate of drug-likeness (QED) is 0.500. The van der Waals surface area contributed by atoms with E-state index < -0.39 is 5.91 Å². The van der Waals surface area contributed by atoms with E-state index in [1.54, 1.807) is 18.2 Å². The number of nitrogens with one attached hydrogen (secondary N) is 1. The Kier molecular flexibility index (Phi) is 4.11. The smallest absolute Gasteiger partial charge is 0.276 e. The molecule has 2 N–H and O–H groups in total. The highest BCUT2D eigenvalue weighted by molar-refractivity contribution is 6.56. The third-order valence-corrected chi connectivity index (χ3v) is 4.57. The summed E-state index contributed by atoms with van der Waals surface area (Å²) in [5.41, 5.74) is 1.59. The predicted octanol–water partition coefficient (Wildman–Crippen LogP) is 4.63. The third-order valence-electron chi connectivity index (χ3n) is 4.06. The van der Waals surface area contributed by atoms with Gasteiger partial charge in [0.1, 0.15) is 5.75 Å². The van der Waals surface area contributed by atoms with Crippen LogP contribution in [0.3, 0.4) is 0 Å². The zero-order chi connectivity index (χ0) is 18.3. The molecule has 0 spiro atoms. The lowest BCUT2D eigenvalue weighted by Crippen LogP contribution is -2.13. The van der Waals surface area contributed by atoms with Crippen LogP contribution in [-0.2, 0) is 4.79 Å². The van der Waals surface area contributed by atoms with Crippen LogP contribution in [0.4, 0.5) is 5.69 Å². The Balaban J connectivity index is 1.77. The molecule has 0 unspecified atom stereocenters. The number of phenols is 1. The lowest BCUT2D eigenvalue weighted by molar-refractivity contribution is -0.110. The summed E-state index contributed by atoms with van der Waals surface area (Å²) < 4.78 is 0. The summed E-state index contributed by atoms with van der Waals surface area (Å²) in [6, 6.07) is 14.1. The molecule has 1 amide bonds. The van der Waals surface area contributed by atoms with E-state index in [-0.39, 0.29) is 11.5 Å². The Morgan fingerprint density at radius 1 is 1.08 bits per heavy atom. The maximum Gasteiger partial charge on any atom is 0.276 e. The van der Waals surface area contributed by atoms with Crippen LogP contribution in [-0.4, -0.2) is 22.9 Å². The van der Waals surface area contributed by atoms with Gasteiger partial charge in [-0.2, -0.15) is 5.10 Å². The number of phenolic OH excluding ortho intramolecular Hbond substituents is 1. The standard InChI is InChI=1S/C19H11Cl2N3O2/c20-11-7-13-17(15(21)8-11)23-19(26)18(13)24-22-9-14-12-4-2-1-3-10(12)5-6-16(14)25/h1-9,25H,(H,23,24,26). The molecule has 4 rings (SSSR count). The lowest BCUT2D eigenvalue weighted by Gasteiger charge is -2.03. The van der Waals surface area contributed by atoms with Crippen molar-refractivity contribution in [3.8, 4) is 5.75 Å². The summed E-state index contributed by atoms with van der Waals surface area (Å²) in [4.78, 5) is 12.1. The molecule has 0 atom stereocenters. The Morgan fingerprint density at radius 3 is 2.73 bits per heavy atom. The van der Waals surface area contributed by atoms with E-state index in [2.05, 4.69) is 15.5 Å². The molecule has 0 aliphatic carbocycles. The number of carbonyl (C=O) groups excluding carboxylic acids is 1. The van der Waals surface area contributed by atoms with Crippen molar-refractivity contribution in [2.45, 2.75) is 0 Å². The summed E-state index contributed by atoms with van der Waals surface area (Å²) in [7, 11) is 0. The molecule has 0 radical (unpaired) electrons. The van der Waals surface area contributed by atoms with Gasteiger partial charge >= 0.3 is 0 Å². The molecular weight excluding hydrogens is 373 g/mol. The van der Waals surface area contributed by atoms with Crippen molar-refractivity contribution >= 4 is 57.5 Å². The van der Waals surface area contributed by atoms with Gasteiger partial charge in [-0.1, -0.05) is 53.5 Å². The van der Waals surface area contributed by atoms with Crippen molar-refractivity contribution in [3.63, 3.8) is 0 Å². The van der Waals surface area contributed by atoms with E-state index in [1.165, 1.54) is 6.21 Å². The Labute approximate surface area is 158 Å². The summed E-state index contributed by atoms with van der Waals surface area (Å²) in [5, 5.41) is 23.3. The zero-order valence-corrected chi connectivity index (χ0v) is 14.7. The number of amides is 1. The SMILES string of the molecule is O=C1Nc2c(Cl)cc(Cl)cc2C1=NN=Cc1c(O)ccc2ccccc12. The molecule has 0 saturated heterocycles. The number of rotatable bonds is 2. The average Bonchev–Trinajstić information content (AvgIpc) is 2.93. The largest absolute Gasteiger partial charge is 0.507 e. The molecule has 7 heteroatoms. The van der Waals surface area contributed by atoms with Crippen molar-refractivity contribution in [1.29, 1.82) is 0 Å².